The Hall–Kier alpha value is -3.12. The summed E-state index contributed by atoms with van der Waals surface area (Å²) in [6.45, 7) is 0. The van der Waals surface area contributed by atoms with E-state index in [2.05, 4.69) is 47.5 Å². The standard InChI is InChI=1S/C25H26N2O4/c1-31-22-13-19(26-25(27-22)24-20(29)11-16(28)12-21(24)30)23-17-8-4-2-6-14(17)10-15-7-3-5-9-18(15)23/h2-4,6-8,10-11,13-14,16-18,23,28-30H,5,9,12H2,1H3. The molecule has 5 unspecified atom stereocenters. The number of nitrogens with zero attached hydrogens (tertiary/aromatic N) is 2. The molecular formula is C25H26N2O4. The van der Waals surface area contributed by atoms with Crippen LogP contribution in [0.2, 0.25) is 0 Å². The number of aromatic nitrogens is 2. The van der Waals surface area contributed by atoms with Crippen LogP contribution in [0.15, 0.2) is 71.8 Å². The van der Waals surface area contributed by atoms with Crippen molar-refractivity contribution >= 4 is 5.57 Å². The third-order valence-corrected chi connectivity index (χ3v) is 6.63. The molecule has 3 N–H and O–H groups in total. The lowest BCUT2D eigenvalue weighted by Gasteiger charge is -2.42. The zero-order valence-electron chi connectivity index (χ0n) is 17.3. The highest BCUT2D eigenvalue weighted by molar-refractivity contribution is 5.76. The topological polar surface area (TPSA) is 95.7 Å². The monoisotopic (exact) mass is 418 g/mol. The lowest BCUT2D eigenvalue weighted by Crippen LogP contribution is -2.33. The predicted octanol–water partition coefficient (Wildman–Crippen LogP) is 4.31. The molecule has 5 atom stereocenters. The minimum absolute atomic E-state index is 0.0112. The van der Waals surface area contributed by atoms with Crippen molar-refractivity contribution < 1.29 is 20.1 Å². The van der Waals surface area contributed by atoms with Gasteiger partial charge in [0.05, 0.1) is 24.5 Å². The second kappa shape index (κ2) is 7.85. The van der Waals surface area contributed by atoms with E-state index in [0.717, 1.165) is 18.5 Å². The molecular weight excluding hydrogens is 392 g/mol. The van der Waals surface area contributed by atoms with Gasteiger partial charge in [0.2, 0.25) is 5.88 Å². The Labute approximate surface area is 181 Å². The Morgan fingerprint density at radius 3 is 2.74 bits per heavy atom. The van der Waals surface area contributed by atoms with Crippen LogP contribution in [0.1, 0.15) is 36.7 Å². The van der Waals surface area contributed by atoms with Gasteiger partial charge in [0.25, 0.3) is 0 Å². The molecule has 5 rings (SSSR count). The maximum atomic E-state index is 10.5. The number of allylic oxidation sites excluding steroid dienone is 9. The van der Waals surface area contributed by atoms with Crippen LogP contribution in [0.3, 0.4) is 0 Å². The van der Waals surface area contributed by atoms with E-state index in [1.165, 1.54) is 11.6 Å². The van der Waals surface area contributed by atoms with Gasteiger partial charge in [-0.15, -0.1) is 0 Å². The van der Waals surface area contributed by atoms with Crippen LogP contribution in [-0.4, -0.2) is 38.5 Å². The van der Waals surface area contributed by atoms with Crippen molar-refractivity contribution in [2.24, 2.45) is 17.8 Å². The zero-order chi connectivity index (χ0) is 21.5. The number of rotatable bonds is 3. The van der Waals surface area contributed by atoms with E-state index < -0.39 is 6.10 Å². The van der Waals surface area contributed by atoms with E-state index in [1.54, 1.807) is 7.11 Å². The highest BCUT2D eigenvalue weighted by Crippen LogP contribution is 2.50. The molecule has 1 heterocycles. The largest absolute Gasteiger partial charge is 0.511 e. The number of methoxy groups -OCH3 is 1. The van der Waals surface area contributed by atoms with Gasteiger partial charge in [0.1, 0.15) is 11.5 Å². The molecule has 1 aromatic heterocycles. The molecule has 0 bridgehead atoms. The molecule has 160 valence electrons. The third kappa shape index (κ3) is 3.51. The fraction of sp³-hybridized carbons (Fsp3) is 0.360. The lowest BCUT2D eigenvalue weighted by atomic mass is 9.62. The minimum Gasteiger partial charge on any atom is -0.511 e. The van der Waals surface area contributed by atoms with E-state index in [-0.39, 0.29) is 41.2 Å². The summed E-state index contributed by atoms with van der Waals surface area (Å²) in [6.07, 6.45) is 17.9. The summed E-state index contributed by atoms with van der Waals surface area (Å²) in [5, 5.41) is 30.7. The molecule has 1 aromatic rings. The van der Waals surface area contributed by atoms with E-state index in [9.17, 15) is 15.3 Å². The molecule has 4 aliphatic carbocycles. The maximum Gasteiger partial charge on any atom is 0.216 e. The first kappa shape index (κ1) is 19.8. The molecule has 0 aliphatic heterocycles. The van der Waals surface area contributed by atoms with E-state index in [4.69, 9.17) is 9.72 Å². The molecule has 0 spiro atoms. The van der Waals surface area contributed by atoms with Crippen molar-refractivity contribution in [3.05, 3.63) is 83.3 Å². The lowest BCUT2D eigenvalue weighted by molar-refractivity contribution is 0.193. The second-order valence-electron chi connectivity index (χ2n) is 8.51. The smallest absolute Gasteiger partial charge is 0.216 e. The Balaban J connectivity index is 1.64. The third-order valence-electron chi connectivity index (χ3n) is 6.63. The number of fused-ring (bicyclic) bond motifs is 2. The van der Waals surface area contributed by atoms with Crippen LogP contribution in [0.5, 0.6) is 5.88 Å². The normalized spacial score (nSPS) is 31.6. The maximum absolute atomic E-state index is 10.5. The van der Waals surface area contributed by atoms with E-state index in [0.29, 0.717) is 17.7 Å². The Bertz CT molecular complexity index is 1080. The van der Waals surface area contributed by atoms with Gasteiger partial charge in [-0.25, -0.2) is 4.98 Å². The number of aliphatic hydroxyl groups excluding tert-OH is 3. The van der Waals surface area contributed by atoms with Gasteiger partial charge in [-0.05, 0) is 36.3 Å². The van der Waals surface area contributed by atoms with Crippen molar-refractivity contribution in [3.8, 4) is 5.88 Å². The Morgan fingerprint density at radius 1 is 1.10 bits per heavy atom. The minimum atomic E-state index is -0.936. The van der Waals surface area contributed by atoms with Crippen LogP contribution < -0.4 is 4.74 Å². The molecule has 4 aliphatic rings. The number of hydrogen-bond acceptors (Lipinski definition) is 6. The van der Waals surface area contributed by atoms with Gasteiger partial charge in [0.15, 0.2) is 5.82 Å². The van der Waals surface area contributed by atoms with E-state index in [1.807, 2.05) is 6.07 Å². The summed E-state index contributed by atoms with van der Waals surface area (Å²) in [4.78, 5) is 9.25. The van der Waals surface area contributed by atoms with Gasteiger partial charge >= 0.3 is 0 Å². The first-order chi connectivity index (χ1) is 15.0. The van der Waals surface area contributed by atoms with E-state index >= 15 is 0 Å². The zero-order valence-corrected chi connectivity index (χ0v) is 17.3. The predicted molar refractivity (Wildman–Crippen MR) is 117 cm³/mol. The summed E-state index contributed by atoms with van der Waals surface area (Å²) in [6, 6.07) is 1.87. The Morgan fingerprint density at radius 2 is 1.94 bits per heavy atom. The van der Waals surface area contributed by atoms with Gasteiger partial charge in [-0.2, -0.15) is 4.98 Å². The fourth-order valence-corrected chi connectivity index (χ4v) is 5.26. The molecule has 0 saturated heterocycles. The van der Waals surface area contributed by atoms with Crippen molar-refractivity contribution in [1.29, 1.82) is 0 Å². The molecule has 0 saturated carbocycles. The molecule has 0 aromatic carbocycles. The van der Waals surface area contributed by atoms with Gasteiger partial charge in [0, 0.05) is 24.3 Å². The average Bonchev–Trinajstić information content (AvgIpc) is 2.76. The first-order valence-corrected chi connectivity index (χ1v) is 10.7. The van der Waals surface area contributed by atoms with Gasteiger partial charge < -0.3 is 20.1 Å². The van der Waals surface area contributed by atoms with Crippen molar-refractivity contribution in [2.45, 2.75) is 31.3 Å². The molecule has 6 nitrogen and oxygen atoms in total. The first-order valence-electron chi connectivity index (χ1n) is 10.7. The van der Waals surface area contributed by atoms with Crippen molar-refractivity contribution in [2.75, 3.05) is 7.11 Å². The highest BCUT2D eigenvalue weighted by atomic mass is 16.5. The second-order valence-corrected chi connectivity index (χ2v) is 8.51. The van der Waals surface area contributed by atoms with Crippen molar-refractivity contribution in [3.63, 3.8) is 0 Å². The quantitative estimate of drug-likeness (QED) is 0.677. The SMILES string of the molecule is COc1cc(C2C3CCC=CC3=CC3C=CC=CC32)nc(C2=C(O)CC(O)C=C2O)n1. The fourth-order valence-electron chi connectivity index (χ4n) is 5.26. The van der Waals surface area contributed by atoms with Crippen LogP contribution >= 0.6 is 0 Å². The summed E-state index contributed by atoms with van der Waals surface area (Å²) >= 11 is 0. The molecule has 0 radical (unpaired) electrons. The summed E-state index contributed by atoms with van der Waals surface area (Å²) in [7, 11) is 1.55. The Kier molecular flexibility index (Phi) is 5.02. The summed E-state index contributed by atoms with van der Waals surface area (Å²) in [5.41, 5.74) is 2.32. The molecule has 31 heavy (non-hydrogen) atoms. The van der Waals surface area contributed by atoms with Gasteiger partial charge in [-0.3, -0.25) is 0 Å². The van der Waals surface area contributed by atoms with Crippen LogP contribution in [0.4, 0.5) is 0 Å². The van der Waals surface area contributed by atoms with Crippen LogP contribution in [0.25, 0.3) is 5.57 Å². The highest BCUT2D eigenvalue weighted by Gasteiger charge is 2.41. The van der Waals surface area contributed by atoms with Crippen molar-refractivity contribution in [1.82, 2.24) is 9.97 Å². The van der Waals surface area contributed by atoms with Gasteiger partial charge in [-0.1, -0.05) is 42.5 Å². The molecule has 0 amide bonds. The van der Waals surface area contributed by atoms with Crippen LogP contribution in [0, 0.1) is 17.8 Å². The number of ether oxygens (including phenoxy) is 1. The molecule has 6 heteroatoms. The number of aliphatic hydroxyl groups is 3. The summed E-state index contributed by atoms with van der Waals surface area (Å²) < 4.78 is 5.47. The van der Waals surface area contributed by atoms with Crippen LogP contribution in [-0.2, 0) is 0 Å². The average molecular weight is 418 g/mol. The summed E-state index contributed by atoms with van der Waals surface area (Å²) in [5.74, 6) is 1.24. The number of hydrogen-bond donors (Lipinski definition) is 3. The molecule has 0 fully saturated rings.